The molecule has 3 rings (SSSR count). The van der Waals surface area contributed by atoms with Crippen LogP contribution < -0.4 is 0 Å². The second kappa shape index (κ2) is 7.46. The Hall–Kier alpha value is -1.77. The topological polar surface area (TPSA) is 57.7 Å². The summed E-state index contributed by atoms with van der Waals surface area (Å²) in [6.45, 7) is 5.32. The van der Waals surface area contributed by atoms with Crippen molar-refractivity contribution in [2.45, 2.75) is 25.2 Å². The Morgan fingerprint density at radius 3 is 2.38 bits per heavy atom. The molecule has 26 heavy (non-hydrogen) atoms. The van der Waals surface area contributed by atoms with Crippen LogP contribution in [0, 0.1) is 19.7 Å². The molecule has 0 aliphatic carbocycles. The number of sulfonamides is 1. The monoisotopic (exact) mass is 396 g/mol. The van der Waals surface area contributed by atoms with Crippen molar-refractivity contribution >= 4 is 27.3 Å². The van der Waals surface area contributed by atoms with E-state index in [1.54, 1.807) is 16.2 Å². The van der Waals surface area contributed by atoms with E-state index >= 15 is 0 Å². The summed E-state index contributed by atoms with van der Waals surface area (Å²) in [5, 5.41) is 0. The molecule has 1 aliphatic rings. The maximum atomic E-state index is 13.1. The van der Waals surface area contributed by atoms with Crippen molar-refractivity contribution < 1.29 is 17.6 Å². The molecule has 1 saturated heterocycles. The van der Waals surface area contributed by atoms with Gasteiger partial charge in [0.1, 0.15) is 5.82 Å². The van der Waals surface area contributed by atoms with Crippen LogP contribution in [-0.4, -0.2) is 49.7 Å². The highest BCUT2D eigenvalue weighted by Gasteiger charge is 2.29. The van der Waals surface area contributed by atoms with Gasteiger partial charge in [-0.15, -0.1) is 11.3 Å². The van der Waals surface area contributed by atoms with Crippen molar-refractivity contribution in [2.24, 2.45) is 0 Å². The fraction of sp³-hybridized carbons (Fsp3) is 0.389. The first-order valence-corrected chi connectivity index (χ1v) is 10.7. The molecule has 0 atom stereocenters. The SMILES string of the molecule is Cc1cc(C(=O)N2CCCN(S(=O)(=O)c3ccc(F)cc3)CC2)c(C)s1. The molecule has 0 spiro atoms. The van der Waals surface area contributed by atoms with Gasteiger partial charge in [0.15, 0.2) is 0 Å². The lowest BCUT2D eigenvalue weighted by Gasteiger charge is -2.22. The van der Waals surface area contributed by atoms with Gasteiger partial charge in [-0.25, -0.2) is 12.8 Å². The van der Waals surface area contributed by atoms with Gasteiger partial charge < -0.3 is 4.90 Å². The van der Waals surface area contributed by atoms with Crippen LogP contribution in [0.3, 0.4) is 0 Å². The number of thiophene rings is 1. The van der Waals surface area contributed by atoms with E-state index in [9.17, 15) is 17.6 Å². The summed E-state index contributed by atoms with van der Waals surface area (Å²) in [5.74, 6) is -0.522. The molecule has 0 radical (unpaired) electrons. The number of benzene rings is 1. The second-order valence-electron chi connectivity index (χ2n) is 6.33. The van der Waals surface area contributed by atoms with E-state index < -0.39 is 15.8 Å². The van der Waals surface area contributed by atoms with Crippen molar-refractivity contribution in [3.63, 3.8) is 0 Å². The molecule has 1 aromatic heterocycles. The van der Waals surface area contributed by atoms with Gasteiger partial charge in [0.2, 0.25) is 10.0 Å². The number of nitrogens with zero attached hydrogens (tertiary/aromatic N) is 2. The molecule has 2 heterocycles. The zero-order valence-corrected chi connectivity index (χ0v) is 16.4. The van der Waals surface area contributed by atoms with Crippen LogP contribution in [0.4, 0.5) is 4.39 Å². The van der Waals surface area contributed by atoms with Crippen LogP contribution in [0.5, 0.6) is 0 Å². The summed E-state index contributed by atoms with van der Waals surface area (Å²) in [6, 6.07) is 6.72. The lowest BCUT2D eigenvalue weighted by Crippen LogP contribution is -2.37. The van der Waals surface area contributed by atoms with Crippen LogP contribution in [0.1, 0.15) is 26.5 Å². The maximum absolute atomic E-state index is 13.1. The highest BCUT2D eigenvalue weighted by atomic mass is 32.2. The van der Waals surface area contributed by atoms with Gasteiger partial charge in [-0.05, 0) is 50.6 Å². The average Bonchev–Trinajstić information content (AvgIpc) is 2.80. The number of hydrogen-bond acceptors (Lipinski definition) is 4. The van der Waals surface area contributed by atoms with E-state index in [1.165, 1.54) is 16.4 Å². The molecule has 0 N–H and O–H groups in total. The van der Waals surface area contributed by atoms with E-state index in [4.69, 9.17) is 0 Å². The molecule has 1 amide bonds. The summed E-state index contributed by atoms with van der Waals surface area (Å²) < 4.78 is 40.0. The Morgan fingerprint density at radius 1 is 1.08 bits per heavy atom. The van der Waals surface area contributed by atoms with E-state index in [1.807, 2.05) is 19.9 Å². The van der Waals surface area contributed by atoms with Crippen LogP contribution in [0.2, 0.25) is 0 Å². The number of carbonyl (C=O) groups is 1. The Morgan fingerprint density at radius 2 is 1.77 bits per heavy atom. The summed E-state index contributed by atoms with van der Waals surface area (Å²) in [7, 11) is -3.69. The Balaban J connectivity index is 1.74. The van der Waals surface area contributed by atoms with Crippen LogP contribution >= 0.6 is 11.3 Å². The van der Waals surface area contributed by atoms with Crippen molar-refractivity contribution in [3.05, 3.63) is 51.5 Å². The Labute approximate surface area is 157 Å². The first-order chi connectivity index (χ1) is 12.3. The number of carbonyl (C=O) groups excluding carboxylic acids is 1. The van der Waals surface area contributed by atoms with E-state index in [0.717, 1.165) is 21.9 Å². The highest BCUT2D eigenvalue weighted by molar-refractivity contribution is 7.89. The molecule has 5 nitrogen and oxygen atoms in total. The van der Waals surface area contributed by atoms with Gasteiger partial charge in [0.05, 0.1) is 10.5 Å². The van der Waals surface area contributed by atoms with Crippen molar-refractivity contribution in [2.75, 3.05) is 26.2 Å². The minimum absolute atomic E-state index is 0.0483. The Bertz CT molecular complexity index is 907. The Kier molecular flexibility index (Phi) is 5.45. The van der Waals surface area contributed by atoms with E-state index in [0.29, 0.717) is 31.6 Å². The maximum Gasteiger partial charge on any atom is 0.255 e. The molecule has 1 fully saturated rings. The number of aryl methyl sites for hydroxylation is 2. The normalized spacial score (nSPS) is 16.5. The zero-order valence-electron chi connectivity index (χ0n) is 14.7. The predicted molar refractivity (Wildman–Crippen MR) is 99.5 cm³/mol. The van der Waals surface area contributed by atoms with Crippen molar-refractivity contribution in [1.29, 1.82) is 0 Å². The molecule has 0 bridgehead atoms. The van der Waals surface area contributed by atoms with Gasteiger partial charge in [-0.2, -0.15) is 4.31 Å². The first kappa shape index (κ1) is 19.0. The fourth-order valence-electron chi connectivity index (χ4n) is 3.11. The molecule has 1 aliphatic heterocycles. The third-order valence-electron chi connectivity index (χ3n) is 4.46. The second-order valence-corrected chi connectivity index (χ2v) is 9.73. The molecular weight excluding hydrogens is 375 g/mol. The van der Waals surface area contributed by atoms with Crippen molar-refractivity contribution in [1.82, 2.24) is 9.21 Å². The molecule has 2 aromatic rings. The van der Waals surface area contributed by atoms with Gasteiger partial charge in [-0.1, -0.05) is 0 Å². The molecule has 140 valence electrons. The van der Waals surface area contributed by atoms with Crippen LogP contribution in [0.15, 0.2) is 35.2 Å². The number of hydrogen-bond donors (Lipinski definition) is 0. The summed E-state index contributed by atoms with van der Waals surface area (Å²) in [6.07, 6.45) is 0.564. The van der Waals surface area contributed by atoms with Gasteiger partial charge in [0, 0.05) is 35.9 Å². The standard InChI is InChI=1S/C18H21FN2O3S2/c1-13-12-17(14(2)25-13)18(22)20-8-3-9-21(11-10-20)26(23,24)16-6-4-15(19)5-7-16/h4-7,12H,3,8-11H2,1-2H3. The minimum Gasteiger partial charge on any atom is -0.337 e. The third-order valence-corrected chi connectivity index (χ3v) is 7.34. The lowest BCUT2D eigenvalue weighted by molar-refractivity contribution is 0.0764. The van der Waals surface area contributed by atoms with E-state index in [-0.39, 0.29) is 17.3 Å². The lowest BCUT2D eigenvalue weighted by atomic mass is 10.2. The molecular formula is C18H21FN2O3S2. The third kappa shape index (κ3) is 3.82. The predicted octanol–water partition coefficient (Wildman–Crippen LogP) is 3.04. The summed E-state index contributed by atoms with van der Waals surface area (Å²) in [5.41, 5.74) is 0.697. The largest absolute Gasteiger partial charge is 0.337 e. The number of halogens is 1. The number of rotatable bonds is 3. The molecule has 8 heteroatoms. The molecule has 0 unspecified atom stereocenters. The van der Waals surface area contributed by atoms with Gasteiger partial charge in [0.25, 0.3) is 5.91 Å². The van der Waals surface area contributed by atoms with Gasteiger partial charge in [-0.3, -0.25) is 4.79 Å². The minimum atomic E-state index is -3.69. The molecule has 0 saturated carbocycles. The average molecular weight is 397 g/mol. The summed E-state index contributed by atoms with van der Waals surface area (Å²) >= 11 is 1.59. The number of amides is 1. The van der Waals surface area contributed by atoms with Crippen LogP contribution in [-0.2, 0) is 10.0 Å². The fourth-order valence-corrected chi connectivity index (χ4v) is 5.49. The van der Waals surface area contributed by atoms with E-state index in [2.05, 4.69) is 0 Å². The van der Waals surface area contributed by atoms with Crippen LogP contribution in [0.25, 0.3) is 0 Å². The van der Waals surface area contributed by atoms with Crippen molar-refractivity contribution in [3.8, 4) is 0 Å². The molecule has 1 aromatic carbocycles. The van der Waals surface area contributed by atoms with Gasteiger partial charge >= 0.3 is 0 Å². The zero-order chi connectivity index (χ0) is 18.9. The first-order valence-electron chi connectivity index (χ1n) is 8.41. The smallest absolute Gasteiger partial charge is 0.255 e. The highest BCUT2D eigenvalue weighted by Crippen LogP contribution is 2.23. The quantitative estimate of drug-likeness (QED) is 0.801. The summed E-state index contributed by atoms with van der Waals surface area (Å²) in [4.78, 5) is 16.6.